The van der Waals surface area contributed by atoms with Crippen molar-refractivity contribution in [1.82, 2.24) is 0 Å². The molecule has 0 aliphatic rings. The Morgan fingerprint density at radius 1 is 0.880 bits per heavy atom. The summed E-state index contributed by atoms with van der Waals surface area (Å²) in [6.07, 6.45) is 0.413. The first-order chi connectivity index (χ1) is 11.9. The van der Waals surface area contributed by atoms with Gasteiger partial charge in [0.05, 0.1) is 6.54 Å². The minimum absolute atomic E-state index is 0.0527. The van der Waals surface area contributed by atoms with Crippen LogP contribution < -0.4 is 16.0 Å². The maximum Gasteiger partial charge on any atom is 0.243 e. The maximum absolute atomic E-state index is 12.2. The van der Waals surface area contributed by atoms with E-state index in [9.17, 15) is 9.59 Å². The highest BCUT2D eigenvalue weighted by atomic mass is 16.2. The van der Waals surface area contributed by atoms with Crippen LogP contribution in [0, 0.1) is 20.8 Å². The number of hydrogen-bond donors (Lipinski definition) is 3. The minimum atomic E-state index is -0.137. The Labute approximate surface area is 148 Å². The van der Waals surface area contributed by atoms with Crippen molar-refractivity contribution in [2.45, 2.75) is 34.1 Å². The van der Waals surface area contributed by atoms with Gasteiger partial charge in [-0.15, -0.1) is 0 Å². The SMILES string of the molecule is CCC(=O)Nc1cccc(NC(=O)CNc2ccc(C)cc2C)c1C. The van der Waals surface area contributed by atoms with Crippen LogP contribution in [0.5, 0.6) is 0 Å². The molecule has 3 N–H and O–H groups in total. The first-order valence-electron chi connectivity index (χ1n) is 8.41. The third-order valence-electron chi connectivity index (χ3n) is 4.02. The molecule has 0 saturated heterocycles. The highest BCUT2D eigenvalue weighted by Crippen LogP contribution is 2.23. The van der Waals surface area contributed by atoms with E-state index in [1.54, 1.807) is 6.92 Å². The summed E-state index contributed by atoms with van der Waals surface area (Å²) in [6.45, 7) is 7.90. The van der Waals surface area contributed by atoms with Gasteiger partial charge in [-0.1, -0.05) is 30.7 Å². The molecule has 2 amide bonds. The molecule has 0 bridgehead atoms. The molecule has 2 aromatic rings. The molecule has 2 rings (SSSR count). The quantitative estimate of drug-likeness (QED) is 0.745. The van der Waals surface area contributed by atoms with Gasteiger partial charge in [0, 0.05) is 23.5 Å². The Bertz CT molecular complexity index is 785. The van der Waals surface area contributed by atoms with E-state index in [1.807, 2.05) is 51.1 Å². The van der Waals surface area contributed by atoms with E-state index < -0.39 is 0 Å². The zero-order valence-corrected chi connectivity index (χ0v) is 15.2. The van der Waals surface area contributed by atoms with Gasteiger partial charge in [-0.25, -0.2) is 0 Å². The van der Waals surface area contributed by atoms with Gasteiger partial charge in [-0.2, -0.15) is 0 Å². The number of aryl methyl sites for hydroxylation is 2. The van der Waals surface area contributed by atoms with Gasteiger partial charge in [-0.05, 0) is 50.1 Å². The number of amides is 2. The van der Waals surface area contributed by atoms with Crippen molar-refractivity contribution in [3.63, 3.8) is 0 Å². The monoisotopic (exact) mass is 339 g/mol. The largest absolute Gasteiger partial charge is 0.376 e. The zero-order valence-electron chi connectivity index (χ0n) is 15.2. The Hall–Kier alpha value is -2.82. The van der Waals surface area contributed by atoms with Gasteiger partial charge in [0.2, 0.25) is 11.8 Å². The van der Waals surface area contributed by atoms with Gasteiger partial charge in [0.25, 0.3) is 0 Å². The fourth-order valence-electron chi connectivity index (χ4n) is 2.53. The lowest BCUT2D eigenvalue weighted by molar-refractivity contribution is -0.116. The molecule has 0 saturated carbocycles. The van der Waals surface area contributed by atoms with E-state index >= 15 is 0 Å². The lowest BCUT2D eigenvalue weighted by atomic mass is 10.1. The predicted molar refractivity (Wildman–Crippen MR) is 103 cm³/mol. The average Bonchev–Trinajstić information content (AvgIpc) is 2.57. The second-order valence-corrected chi connectivity index (χ2v) is 6.10. The number of nitrogens with one attached hydrogen (secondary N) is 3. The molecule has 0 atom stereocenters. The van der Waals surface area contributed by atoms with Crippen molar-refractivity contribution in [2.75, 3.05) is 22.5 Å². The second-order valence-electron chi connectivity index (χ2n) is 6.10. The summed E-state index contributed by atoms with van der Waals surface area (Å²) in [6, 6.07) is 11.5. The predicted octanol–water partition coefficient (Wildman–Crippen LogP) is 4.01. The molecule has 132 valence electrons. The fraction of sp³-hybridized carbons (Fsp3) is 0.300. The molecule has 5 nitrogen and oxygen atoms in total. The maximum atomic E-state index is 12.2. The van der Waals surface area contributed by atoms with E-state index in [0.29, 0.717) is 17.8 Å². The van der Waals surface area contributed by atoms with Gasteiger partial charge < -0.3 is 16.0 Å². The Balaban J connectivity index is 2.00. The van der Waals surface area contributed by atoms with E-state index in [-0.39, 0.29) is 18.4 Å². The van der Waals surface area contributed by atoms with Gasteiger partial charge in [0.1, 0.15) is 0 Å². The summed E-state index contributed by atoms with van der Waals surface area (Å²) in [7, 11) is 0. The van der Waals surface area contributed by atoms with Crippen molar-refractivity contribution >= 4 is 28.9 Å². The molecule has 0 aromatic heterocycles. The Morgan fingerprint density at radius 2 is 1.52 bits per heavy atom. The summed E-state index contributed by atoms with van der Waals surface area (Å²) in [5, 5.41) is 8.88. The molecule has 0 spiro atoms. The molecular weight excluding hydrogens is 314 g/mol. The molecule has 0 unspecified atom stereocenters. The van der Waals surface area contributed by atoms with Crippen LogP contribution in [-0.4, -0.2) is 18.4 Å². The highest BCUT2D eigenvalue weighted by Gasteiger charge is 2.09. The third-order valence-corrected chi connectivity index (χ3v) is 4.02. The van der Waals surface area contributed by atoms with E-state index in [4.69, 9.17) is 0 Å². The number of carbonyl (C=O) groups is 2. The summed E-state index contributed by atoms with van der Waals surface area (Å²) >= 11 is 0. The lowest BCUT2D eigenvalue weighted by Crippen LogP contribution is -2.22. The first kappa shape index (κ1) is 18.5. The van der Waals surface area contributed by atoms with Crippen LogP contribution in [0.4, 0.5) is 17.1 Å². The summed E-state index contributed by atoms with van der Waals surface area (Å²) in [5.41, 5.74) is 5.49. The van der Waals surface area contributed by atoms with Crippen LogP contribution in [0.15, 0.2) is 36.4 Å². The molecule has 0 fully saturated rings. The van der Waals surface area contributed by atoms with Crippen molar-refractivity contribution < 1.29 is 9.59 Å². The van der Waals surface area contributed by atoms with E-state index in [2.05, 4.69) is 22.0 Å². The summed E-state index contributed by atoms with van der Waals surface area (Å²) in [4.78, 5) is 23.8. The molecule has 5 heteroatoms. The first-order valence-corrected chi connectivity index (χ1v) is 8.41. The van der Waals surface area contributed by atoms with Crippen LogP contribution in [0.3, 0.4) is 0 Å². The minimum Gasteiger partial charge on any atom is -0.376 e. The third kappa shape index (κ3) is 5.08. The van der Waals surface area contributed by atoms with Crippen LogP contribution in [0.25, 0.3) is 0 Å². The van der Waals surface area contributed by atoms with E-state index in [1.165, 1.54) is 5.56 Å². The fourth-order valence-corrected chi connectivity index (χ4v) is 2.53. The lowest BCUT2D eigenvalue weighted by Gasteiger charge is -2.14. The summed E-state index contributed by atoms with van der Waals surface area (Å²) < 4.78 is 0. The number of rotatable bonds is 6. The van der Waals surface area contributed by atoms with Crippen molar-refractivity contribution in [2.24, 2.45) is 0 Å². The van der Waals surface area contributed by atoms with Gasteiger partial charge >= 0.3 is 0 Å². The number of carbonyl (C=O) groups excluding carboxylic acids is 2. The second kappa shape index (κ2) is 8.33. The standard InChI is InChI=1S/C20H25N3O2/c1-5-19(24)22-17-7-6-8-18(15(17)4)23-20(25)12-21-16-10-9-13(2)11-14(16)3/h6-11,21H,5,12H2,1-4H3,(H,22,24)(H,23,25). The van der Waals surface area contributed by atoms with Crippen LogP contribution in [0.1, 0.15) is 30.0 Å². The van der Waals surface area contributed by atoms with Crippen molar-refractivity contribution in [3.05, 3.63) is 53.1 Å². The molecule has 0 radical (unpaired) electrons. The van der Waals surface area contributed by atoms with Crippen LogP contribution >= 0.6 is 0 Å². The highest BCUT2D eigenvalue weighted by molar-refractivity contribution is 5.97. The smallest absolute Gasteiger partial charge is 0.243 e. The average molecular weight is 339 g/mol. The van der Waals surface area contributed by atoms with Crippen molar-refractivity contribution in [3.8, 4) is 0 Å². The number of benzene rings is 2. The number of anilines is 3. The Kier molecular flexibility index (Phi) is 6.17. The molecule has 2 aromatic carbocycles. The topological polar surface area (TPSA) is 70.2 Å². The van der Waals surface area contributed by atoms with Crippen LogP contribution in [0.2, 0.25) is 0 Å². The van der Waals surface area contributed by atoms with Gasteiger partial charge in [0.15, 0.2) is 0 Å². The molecule has 25 heavy (non-hydrogen) atoms. The summed E-state index contributed by atoms with van der Waals surface area (Å²) in [5.74, 6) is -0.190. The van der Waals surface area contributed by atoms with Crippen molar-refractivity contribution in [1.29, 1.82) is 0 Å². The van der Waals surface area contributed by atoms with E-state index in [0.717, 1.165) is 16.8 Å². The zero-order chi connectivity index (χ0) is 18.4. The van der Waals surface area contributed by atoms with Crippen LogP contribution in [-0.2, 0) is 9.59 Å². The molecule has 0 aliphatic carbocycles. The Morgan fingerprint density at radius 3 is 2.12 bits per heavy atom. The molecule has 0 heterocycles. The molecular formula is C20H25N3O2. The van der Waals surface area contributed by atoms with Gasteiger partial charge in [-0.3, -0.25) is 9.59 Å². The normalized spacial score (nSPS) is 10.2. The number of hydrogen-bond acceptors (Lipinski definition) is 3. The molecule has 0 aliphatic heterocycles.